The second-order valence-electron chi connectivity index (χ2n) is 5.17. The lowest BCUT2D eigenvalue weighted by Gasteiger charge is -2.12. The van der Waals surface area contributed by atoms with Gasteiger partial charge in [0.05, 0.1) is 17.0 Å². The van der Waals surface area contributed by atoms with Crippen LogP contribution >= 0.6 is 0 Å². The third-order valence-electron chi connectivity index (χ3n) is 3.57. The number of benzene rings is 1. The van der Waals surface area contributed by atoms with Crippen molar-refractivity contribution in [2.24, 2.45) is 0 Å². The fourth-order valence-electron chi connectivity index (χ4n) is 2.37. The summed E-state index contributed by atoms with van der Waals surface area (Å²) in [4.78, 5) is 30.6. The first-order chi connectivity index (χ1) is 12.2. The topological polar surface area (TPSA) is 89.4 Å². The highest BCUT2D eigenvalue weighted by Gasteiger charge is 2.12. The van der Waals surface area contributed by atoms with Crippen LogP contribution in [0.2, 0.25) is 0 Å². The van der Waals surface area contributed by atoms with Crippen molar-refractivity contribution in [3.8, 4) is 22.9 Å². The number of hydrogen-bond acceptors (Lipinski definition) is 6. The number of aldehydes is 2. The molecule has 3 rings (SSSR count). The number of ether oxygens (including phenoxy) is 1. The molecule has 25 heavy (non-hydrogen) atoms. The zero-order valence-electron chi connectivity index (χ0n) is 13.1. The van der Waals surface area contributed by atoms with Gasteiger partial charge < -0.3 is 9.84 Å². The number of phenols is 1. The van der Waals surface area contributed by atoms with Gasteiger partial charge in [0.15, 0.2) is 12.6 Å². The molecule has 2 heterocycles. The number of aromatic hydroxyl groups is 1. The number of phenolic OH excluding ortho intramolecular Hbond substituents is 1. The van der Waals surface area contributed by atoms with E-state index in [0.717, 1.165) is 5.56 Å². The Morgan fingerprint density at radius 2 is 1.84 bits per heavy atom. The molecule has 1 aromatic carbocycles. The van der Waals surface area contributed by atoms with Crippen LogP contribution in [-0.4, -0.2) is 27.6 Å². The summed E-state index contributed by atoms with van der Waals surface area (Å²) in [6.45, 7) is 0.125. The third-order valence-corrected chi connectivity index (χ3v) is 3.57. The van der Waals surface area contributed by atoms with E-state index >= 15 is 0 Å². The first-order valence-corrected chi connectivity index (χ1v) is 7.49. The van der Waals surface area contributed by atoms with Gasteiger partial charge in [-0.15, -0.1) is 0 Å². The Morgan fingerprint density at radius 3 is 2.64 bits per heavy atom. The van der Waals surface area contributed by atoms with E-state index in [1.807, 2.05) is 6.07 Å². The van der Waals surface area contributed by atoms with E-state index in [1.165, 1.54) is 6.07 Å². The minimum absolute atomic E-state index is 0.0917. The molecule has 0 saturated carbocycles. The van der Waals surface area contributed by atoms with Gasteiger partial charge in [-0.3, -0.25) is 14.6 Å². The zero-order valence-corrected chi connectivity index (χ0v) is 13.1. The minimum atomic E-state index is -0.140. The lowest BCUT2D eigenvalue weighted by Crippen LogP contribution is -2.02. The van der Waals surface area contributed by atoms with Gasteiger partial charge in [-0.1, -0.05) is 18.2 Å². The van der Waals surface area contributed by atoms with Crippen LogP contribution in [0.1, 0.15) is 26.4 Å². The molecule has 0 spiro atoms. The highest BCUT2D eigenvalue weighted by Crippen LogP contribution is 2.27. The number of aromatic nitrogens is 2. The van der Waals surface area contributed by atoms with Gasteiger partial charge in [-0.25, -0.2) is 4.98 Å². The Bertz CT molecular complexity index is 925. The van der Waals surface area contributed by atoms with E-state index < -0.39 is 0 Å². The monoisotopic (exact) mass is 334 g/mol. The summed E-state index contributed by atoms with van der Waals surface area (Å²) in [5.41, 5.74) is 2.27. The number of hydrogen-bond donors (Lipinski definition) is 1. The molecule has 0 aliphatic rings. The molecule has 0 unspecified atom stereocenters. The van der Waals surface area contributed by atoms with Gasteiger partial charge in [0.25, 0.3) is 0 Å². The standard InChI is InChI=1S/C19H14N2O4/c22-10-14-5-1-6-16(21-14)19-13(4-3-9-20-19)12-25-18-8-2-7-17(24)15(18)11-23/h1-11,24H,12H2. The van der Waals surface area contributed by atoms with Crippen molar-refractivity contribution in [2.75, 3.05) is 0 Å². The third kappa shape index (κ3) is 3.53. The summed E-state index contributed by atoms with van der Waals surface area (Å²) < 4.78 is 5.69. The molecule has 124 valence electrons. The number of nitrogens with zero attached hydrogens (tertiary/aromatic N) is 2. The van der Waals surface area contributed by atoms with Crippen molar-refractivity contribution >= 4 is 12.6 Å². The van der Waals surface area contributed by atoms with Crippen molar-refractivity contribution in [2.45, 2.75) is 6.61 Å². The Balaban J connectivity index is 1.91. The van der Waals surface area contributed by atoms with Gasteiger partial charge in [0.1, 0.15) is 23.8 Å². The van der Waals surface area contributed by atoms with Crippen LogP contribution in [0.25, 0.3) is 11.4 Å². The summed E-state index contributed by atoms with van der Waals surface area (Å²) in [5, 5.41) is 9.71. The fourth-order valence-corrected chi connectivity index (χ4v) is 2.37. The summed E-state index contributed by atoms with van der Waals surface area (Å²) >= 11 is 0. The highest BCUT2D eigenvalue weighted by atomic mass is 16.5. The molecule has 0 aliphatic carbocycles. The maximum atomic E-state index is 11.1. The Labute approximate surface area is 143 Å². The molecule has 0 amide bonds. The van der Waals surface area contributed by atoms with E-state index in [-0.39, 0.29) is 23.7 Å². The highest BCUT2D eigenvalue weighted by molar-refractivity contribution is 5.83. The Morgan fingerprint density at radius 1 is 1.00 bits per heavy atom. The maximum absolute atomic E-state index is 11.1. The summed E-state index contributed by atoms with van der Waals surface area (Å²) in [6, 6.07) is 13.3. The van der Waals surface area contributed by atoms with Gasteiger partial charge in [-0.05, 0) is 30.3 Å². The SMILES string of the molecule is O=Cc1cccc(-c2ncccc2COc2cccc(O)c2C=O)n1. The fraction of sp³-hybridized carbons (Fsp3) is 0.0526. The molecule has 0 bridgehead atoms. The molecule has 6 heteroatoms. The minimum Gasteiger partial charge on any atom is -0.507 e. The van der Waals surface area contributed by atoms with Gasteiger partial charge in [0, 0.05) is 11.8 Å². The van der Waals surface area contributed by atoms with Crippen LogP contribution in [0.3, 0.4) is 0 Å². The van der Waals surface area contributed by atoms with Crippen LogP contribution in [-0.2, 0) is 6.61 Å². The van der Waals surface area contributed by atoms with Gasteiger partial charge >= 0.3 is 0 Å². The molecule has 1 N–H and O–H groups in total. The second-order valence-corrected chi connectivity index (χ2v) is 5.17. The lowest BCUT2D eigenvalue weighted by atomic mass is 10.1. The normalized spacial score (nSPS) is 10.2. The average molecular weight is 334 g/mol. The largest absolute Gasteiger partial charge is 0.507 e. The molecule has 0 saturated heterocycles. The number of carbonyl (C=O) groups excluding carboxylic acids is 2. The Hall–Kier alpha value is -3.54. The van der Waals surface area contributed by atoms with Crippen LogP contribution in [0.4, 0.5) is 0 Å². The molecule has 6 nitrogen and oxygen atoms in total. The average Bonchev–Trinajstić information content (AvgIpc) is 2.66. The van der Waals surface area contributed by atoms with Gasteiger partial charge in [0.2, 0.25) is 0 Å². The number of rotatable bonds is 6. The van der Waals surface area contributed by atoms with E-state index in [1.54, 1.807) is 42.6 Å². The van der Waals surface area contributed by atoms with Crippen molar-refractivity contribution in [3.63, 3.8) is 0 Å². The summed E-state index contributed by atoms with van der Waals surface area (Å²) in [7, 11) is 0. The van der Waals surface area contributed by atoms with E-state index in [0.29, 0.717) is 29.7 Å². The van der Waals surface area contributed by atoms with E-state index in [2.05, 4.69) is 9.97 Å². The second kappa shape index (κ2) is 7.35. The predicted molar refractivity (Wildman–Crippen MR) is 90.7 cm³/mol. The first-order valence-electron chi connectivity index (χ1n) is 7.49. The molecular weight excluding hydrogens is 320 g/mol. The maximum Gasteiger partial charge on any atom is 0.168 e. The van der Waals surface area contributed by atoms with Crippen LogP contribution in [0.15, 0.2) is 54.7 Å². The molecule has 0 atom stereocenters. The van der Waals surface area contributed by atoms with Crippen LogP contribution in [0, 0.1) is 0 Å². The van der Waals surface area contributed by atoms with Crippen molar-refractivity contribution in [1.82, 2.24) is 9.97 Å². The van der Waals surface area contributed by atoms with Crippen LogP contribution < -0.4 is 4.74 Å². The molecule has 0 fully saturated rings. The predicted octanol–water partition coefficient (Wildman–Crippen LogP) is 3.05. The molecule has 3 aromatic rings. The van der Waals surface area contributed by atoms with E-state index in [9.17, 15) is 14.7 Å². The quantitative estimate of drug-likeness (QED) is 0.697. The summed E-state index contributed by atoms with van der Waals surface area (Å²) in [6.07, 6.45) is 2.84. The van der Waals surface area contributed by atoms with Crippen LogP contribution in [0.5, 0.6) is 11.5 Å². The lowest BCUT2D eigenvalue weighted by molar-refractivity contribution is 0.111. The van der Waals surface area contributed by atoms with Crippen molar-refractivity contribution in [3.05, 3.63) is 71.5 Å². The zero-order chi connectivity index (χ0) is 17.6. The van der Waals surface area contributed by atoms with Crippen molar-refractivity contribution in [1.29, 1.82) is 0 Å². The van der Waals surface area contributed by atoms with E-state index in [4.69, 9.17) is 4.74 Å². The Kier molecular flexibility index (Phi) is 4.80. The van der Waals surface area contributed by atoms with Crippen molar-refractivity contribution < 1.29 is 19.4 Å². The number of pyridine rings is 2. The molecule has 0 radical (unpaired) electrons. The number of carbonyl (C=O) groups is 2. The first kappa shape index (κ1) is 16.3. The summed E-state index contributed by atoms with van der Waals surface area (Å²) in [5.74, 6) is 0.138. The molecular formula is C19H14N2O4. The van der Waals surface area contributed by atoms with Gasteiger partial charge in [-0.2, -0.15) is 0 Å². The smallest absolute Gasteiger partial charge is 0.168 e. The molecule has 0 aliphatic heterocycles. The molecule has 2 aromatic heterocycles.